The third-order valence-corrected chi connectivity index (χ3v) is 6.21. The molecule has 0 radical (unpaired) electrons. The highest BCUT2D eigenvalue weighted by Crippen LogP contribution is 2.23. The molecule has 2 aromatic rings. The van der Waals surface area contributed by atoms with E-state index >= 15 is 0 Å². The number of hydrogen-bond donors (Lipinski definition) is 2. The maximum atomic E-state index is 12.8. The predicted octanol–water partition coefficient (Wildman–Crippen LogP) is 4.95. The molecule has 0 bridgehead atoms. The van der Waals surface area contributed by atoms with E-state index in [9.17, 15) is 9.59 Å². The molecular weight excluding hydrogens is 388 g/mol. The molecule has 2 saturated heterocycles. The van der Waals surface area contributed by atoms with E-state index in [0.717, 1.165) is 37.3 Å². The highest BCUT2D eigenvalue weighted by Gasteiger charge is 2.28. The van der Waals surface area contributed by atoms with Crippen molar-refractivity contribution in [3.63, 3.8) is 0 Å². The Bertz CT molecular complexity index is 861. The van der Waals surface area contributed by atoms with Gasteiger partial charge in [0.15, 0.2) is 0 Å². The van der Waals surface area contributed by atoms with Crippen molar-refractivity contribution in [1.29, 1.82) is 0 Å². The topological polar surface area (TPSA) is 64.7 Å². The third kappa shape index (κ3) is 5.78. The summed E-state index contributed by atoms with van der Waals surface area (Å²) >= 11 is 0. The van der Waals surface area contributed by atoms with Crippen LogP contribution in [0.15, 0.2) is 54.6 Å². The Morgan fingerprint density at radius 2 is 1.42 bits per heavy atom. The van der Waals surface area contributed by atoms with Gasteiger partial charge in [0.2, 0.25) is 5.91 Å². The summed E-state index contributed by atoms with van der Waals surface area (Å²) in [6, 6.07) is 17.4. The summed E-state index contributed by atoms with van der Waals surface area (Å²) < 4.78 is 0. The number of urea groups is 1. The molecule has 2 heterocycles. The minimum absolute atomic E-state index is 0.0141. The summed E-state index contributed by atoms with van der Waals surface area (Å²) in [6.07, 6.45) is 6.74. The molecule has 0 unspecified atom stereocenters. The number of anilines is 3. The van der Waals surface area contributed by atoms with Gasteiger partial charge in [0.1, 0.15) is 0 Å². The van der Waals surface area contributed by atoms with Crippen LogP contribution in [0.1, 0.15) is 38.5 Å². The van der Waals surface area contributed by atoms with Crippen molar-refractivity contribution in [2.24, 2.45) is 5.92 Å². The maximum Gasteiger partial charge on any atom is 0.321 e. The second-order valence-corrected chi connectivity index (χ2v) is 8.52. The van der Waals surface area contributed by atoms with E-state index in [0.29, 0.717) is 13.1 Å². The first-order valence-electron chi connectivity index (χ1n) is 11.5. The van der Waals surface area contributed by atoms with Gasteiger partial charge in [-0.15, -0.1) is 0 Å². The van der Waals surface area contributed by atoms with E-state index in [4.69, 9.17) is 0 Å². The van der Waals surface area contributed by atoms with Crippen molar-refractivity contribution < 1.29 is 9.59 Å². The van der Waals surface area contributed by atoms with E-state index in [-0.39, 0.29) is 17.9 Å². The number of rotatable bonds is 4. The fourth-order valence-corrected chi connectivity index (χ4v) is 4.43. The number of carbonyl (C=O) groups excluding carboxylic acids is 2. The van der Waals surface area contributed by atoms with Gasteiger partial charge in [-0.05, 0) is 62.1 Å². The second kappa shape index (κ2) is 10.3. The van der Waals surface area contributed by atoms with E-state index in [1.807, 2.05) is 42.5 Å². The van der Waals surface area contributed by atoms with Crippen LogP contribution in [0.5, 0.6) is 0 Å². The van der Waals surface area contributed by atoms with Crippen LogP contribution >= 0.6 is 0 Å². The van der Waals surface area contributed by atoms with Crippen molar-refractivity contribution in [2.75, 3.05) is 41.7 Å². The van der Waals surface area contributed by atoms with Crippen LogP contribution in [-0.2, 0) is 4.79 Å². The molecule has 2 aromatic carbocycles. The van der Waals surface area contributed by atoms with Crippen molar-refractivity contribution in [3.05, 3.63) is 54.6 Å². The molecule has 31 heavy (non-hydrogen) atoms. The second-order valence-electron chi connectivity index (χ2n) is 8.52. The number of hydrogen-bond acceptors (Lipinski definition) is 3. The summed E-state index contributed by atoms with van der Waals surface area (Å²) in [4.78, 5) is 29.6. The fourth-order valence-electron chi connectivity index (χ4n) is 4.43. The molecule has 0 saturated carbocycles. The lowest BCUT2D eigenvalue weighted by Crippen LogP contribution is -2.45. The van der Waals surface area contributed by atoms with Gasteiger partial charge < -0.3 is 20.4 Å². The molecule has 4 rings (SSSR count). The molecule has 6 nitrogen and oxygen atoms in total. The van der Waals surface area contributed by atoms with Gasteiger partial charge in [0.25, 0.3) is 0 Å². The lowest BCUT2D eigenvalue weighted by molar-refractivity contribution is -0.121. The number of nitrogens with one attached hydrogen (secondary N) is 2. The minimum Gasteiger partial charge on any atom is -0.372 e. The van der Waals surface area contributed by atoms with Crippen LogP contribution in [0.2, 0.25) is 0 Å². The SMILES string of the molecule is O=C(Nc1ccc(N2CCCCCC2)cc1)[C@H]1CCCN(C(=O)Nc2ccccc2)C1. The van der Waals surface area contributed by atoms with Crippen LogP contribution in [0, 0.1) is 5.92 Å². The molecule has 1 atom stereocenters. The first-order valence-corrected chi connectivity index (χ1v) is 11.5. The Balaban J connectivity index is 1.31. The zero-order valence-electron chi connectivity index (χ0n) is 18.1. The van der Waals surface area contributed by atoms with Gasteiger partial charge >= 0.3 is 6.03 Å². The van der Waals surface area contributed by atoms with Crippen molar-refractivity contribution in [3.8, 4) is 0 Å². The van der Waals surface area contributed by atoms with Gasteiger partial charge in [-0.3, -0.25) is 4.79 Å². The van der Waals surface area contributed by atoms with Crippen LogP contribution in [0.3, 0.4) is 0 Å². The summed E-state index contributed by atoms with van der Waals surface area (Å²) in [5.74, 6) is -0.208. The minimum atomic E-state index is -0.194. The lowest BCUT2D eigenvalue weighted by Gasteiger charge is -2.32. The summed E-state index contributed by atoms with van der Waals surface area (Å²) in [7, 11) is 0. The summed E-state index contributed by atoms with van der Waals surface area (Å²) in [6.45, 7) is 3.33. The number of para-hydroxylation sites is 1. The first kappa shape index (κ1) is 21.2. The maximum absolute atomic E-state index is 12.8. The molecule has 2 fully saturated rings. The predicted molar refractivity (Wildman–Crippen MR) is 126 cm³/mol. The smallest absolute Gasteiger partial charge is 0.321 e. The van der Waals surface area contributed by atoms with Crippen molar-refractivity contribution in [1.82, 2.24) is 4.90 Å². The molecule has 2 N–H and O–H groups in total. The standard InChI is InChI=1S/C25H32N4O2/c30-24(26-22-12-14-23(15-13-22)28-16-6-1-2-7-17-28)20-9-8-18-29(19-20)25(31)27-21-10-4-3-5-11-21/h3-5,10-15,20H,1-2,6-9,16-19H2,(H,26,30)(H,27,31)/t20-/m0/s1. The van der Waals surface area contributed by atoms with Crippen LogP contribution < -0.4 is 15.5 Å². The third-order valence-electron chi connectivity index (χ3n) is 6.21. The zero-order valence-corrected chi connectivity index (χ0v) is 18.1. The van der Waals surface area contributed by atoms with Gasteiger partial charge in [-0.2, -0.15) is 0 Å². The van der Waals surface area contributed by atoms with Crippen LogP contribution in [0.25, 0.3) is 0 Å². The van der Waals surface area contributed by atoms with Crippen molar-refractivity contribution >= 4 is 29.0 Å². The molecular formula is C25H32N4O2. The van der Waals surface area contributed by atoms with Gasteiger partial charge in [0.05, 0.1) is 5.92 Å². The summed E-state index contributed by atoms with van der Waals surface area (Å²) in [5.41, 5.74) is 2.80. The Hall–Kier alpha value is -3.02. The normalized spacial score (nSPS) is 19.4. The lowest BCUT2D eigenvalue weighted by atomic mass is 9.97. The van der Waals surface area contributed by atoms with Gasteiger partial charge in [0, 0.05) is 43.2 Å². The molecule has 164 valence electrons. The first-order chi connectivity index (χ1) is 15.2. The summed E-state index contributed by atoms with van der Waals surface area (Å²) in [5, 5.41) is 5.96. The largest absolute Gasteiger partial charge is 0.372 e. The number of carbonyl (C=O) groups is 2. The number of likely N-dealkylation sites (tertiary alicyclic amines) is 1. The monoisotopic (exact) mass is 420 g/mol. The Morgan fingerprint density at radius 1 is 0.742 bits per heavy atom. The Kier molecular flexibility index (Phi) is 7.07. The molecule has 0 aliphatic carbocycles. The Labute approximate surface area is 184 Å². The molecule has 0 spiro atoms. The van der Waals surface area contributed by atoms with Gasteiger partial charge in [-0.1, -0.05) is 31.0 Å². The molecule has 0 aromatic heterocycles. The highest BCUT2D eigenvalue weighted by molar-refractivity contribution is 5.94. The fraction of sp³-hybridized carbons (Fsp3) is 0.440. The Morgan fingerprint density at radius 3 is 2.13 bits per heavy atom. The van der Waals surface area contributed by atoms with E-state index in [1.165, 1.54) is 31.4 Å². The zero-order chi connectivity index (χ0) is 21.5. The molecule has 3 amide bonds. The van der Waals surface area contributed by atoms with Crippen LogP contribution in [0.4, 0.5) is 21.9 Å². The highest BCUT2D eigenvalue weighted by atomic mass is 16.2. The number of amides is 3. The van der Waals surface area contributed by atoms with E-state index in [1.54, 1.807) is 4.90 Å². The average molecular weight is 421 g/mol. The molecule has 2 aliphatic rings. The van der Waals surface area contributed by atoms with Crippen LogP contribution in [-0.4, -0.2) is 43.0 Å². The number of nitrogens with zero attached hydrogens (tertiary/aromatic N) is 2. The van der Waals surface area contributed by atoms with Crippen molar-refractivity contribution in [2.45, 2.75) is 38.5 Å². The molecule has 2 aliphatic heterocycles. The van der Waals surface area contributed by atoms with E-state index < -0.39 is 0 Å². The van der Waals surface area contributed by atoms with E-state index in [2.05, 4.69) is 27.7 Å². The molecule has 6 heteroatoms. The van der Waals surface area contributed by atoms with Gasteiger partial charge in [-0.25, -0.2) is 4.79 Å². The number of piperidine rings is 1. The average Bonchev–Trinajstić information content (AvgIpc) is 3.10. The quantitative estimate of drug-likeness (QED) is 0.736. The number of benzene rings is 2.